The SMILES string of the molecule is CCCCN1C(=O)/C(=C\c2ccc(COc3ccc(Cl)cc3Cl)o2)NC1=S. The molecule has 2 aromatic rings. The van der Waals surface area contributed by atoms with E-state index in [0.717, 1.165) is 12.8 Å². The van der Waals surface area contributed by atoms with Crippen LogP contribution in [0.5, 0.6) is 5.75 Å². The molecular formula is C19H18Cl2N2O3S. The quantitative estimate of drug-likeness (QED) is 0.499. The number of thiocarbonyl (C=S) groups is 1. The Morgan fingerprint density at radius 2 is 2.11 bits per heavy atom. The van der Waals surface area contributed by atoms with Gasteiger partial charge in [-0.3, -0.25) is 9.69 Å². The third kappa shape index (κ3) is 4.83. The summed E-state index contributed by atoms with van der Waals surface area (Å²) < 4.78 is 11.4. The fraction of sp³-hybridized carbons (Fsp3) is 0.263. The first-order valence-electron chi connectivity index (χ1n) is 8.49. The van der Waals surface area contributed by atoms with E-state index in [1.54, 1.807) is 41.3 Å². The number of furan rings is 1. The van der Waals surface area contributed by atoms with Crippen molar-refractivity contribution in [1.29, 1.82) is 0 Å². The van der Waals surface area contributed by atoms with Crippen molar-refractivity contribution < 1.29 is 13.9 Å². The van der Waals surface area contributed by atoms with Crippen molar-refractivity contribution in [3.8, 4) is 5.75 Å². The zero-order valence-electron chi connectivity index (χ0n) is 14.6. The van der Waals surface area contributed by atoms with Crippen molar-refractivity contribution in [2.24, 2.45) is 0 Å². The first-order valence-corrected chi connectivity index (χ1v) is 9.65. The van der Waals surface area contributed by atoms with Crippen LogP contribution in [0.25, 0.3) is 6.08 Å². The number of nitrogens with one attached hydrogen (secondary N) is 1. The second-order valence-electron chi connectivity index (χ2n) is 5.97. The number of benzene rings is 1. The predicted octanol–water partition coefficient (Wildman–Crippen LogP) is 5.02. The van der Waals surface area contributed by atoms with Crippen LogP contribution in [0.3, 0.4) is 0 Å². The van der Waals surface area contributed by atoms with E-state index < -0.39 is 0 Å². The Morgan fingerprint density at radius 3 is 2.85 bits per heavy atom. The molecule has 1 amide bonds. The van der Waals surface area contributed by atoms with Gasteiger partial charge < -0.3 is 14.5 Å². The molecule has 1 fully saturated rings. The lowest BCUT2D eigenvalue weighted by Gasteiger charge is -2.12. The van der Waals surface area contributed by atoms with Crippen LogP contribution in [0, 0.1) is 0 Å². The summed E-state index contributed by atoms with van der Waals surface area (Å²) in [5.74, 6) is 1.51. The summed E-state index contributed by atoms with van der Waals surface area (Å²) >= 11 is 17.2. The number of hydrogen-bond donors (Lipinski definition) is 1. The highest BCUT2D eigenvalue weighted by Gasteiger charge is 2.30. The number of amides is 1. The molecule has 1 aromatic heterocycles. The van der Waals surface area contributed by atoms with Gasteiger partial charge >= 0.3 is 0 Å². The molecule has 27 heavy (non-hydrogen) atoms. The predicted molar refractivity (Wildman–Crippen MR) is 110 cm³/mol. The van der Waals surface area contributed by atoms with E-state index in [0.29, 0.717) is 44.7 Å². The molecule has 5 nitrogen and oxygen atoms in total. The first kappa shape index (κ1) is 19.7. The number of ether oxygens (including phenoxy) is 1. The second-order valence-corrected chi connectivity index (χ2v) is 7.20. The molecule has 1 aromatic carbocycles. The molecule has 0 bridgehead atoms. The highest BCUT2D eigenvalue weighted by Crippen LogP contribution is 2.28. The Morgan fingerprint density at radius 1 is 1.30 bits per heavy atom. The maximum atomic E-state index is 12.4. The molecule has 1 aliphatic heterocycles. The largest absolute Gasteiger partial charge is 0.484 e. The number of hydrogen-bond acceptors (Lipinski definition) is 4. The molecule has 0 unspecified atom stereocenters. The van der Waals surface area contributed by atoms with E-state index in [-0.39, 0.29) is 12.5 Å². The van der Waals surface area contributed by atoms with Crippen molar-refractivity contribution in [3.63, 3.8) is 0 Å². The van der Waals surface area contributed by atoms with Gasteiger partial charge in [0.25, 0.3) is 5.91 Å². The Labute approximate surface area is 172 Å². The van der Waals surface area contributed by atoms with E-state index in [4.69, 9.17) is 44.6 Å². The van der Waals surface area contributed by atoms with E-state index in [2.05, 4.69) is 12.2 Å². The summed E-state index contributed by atoms with van der Waals surface area (Å²) in [6, 6.07) is 8.56. The number of unbranched alkanes of at least 4 members (excludes halogenated alkanes) is 1. The smallest absolute Gasteiger partial charge is 0.276 e. The van der Waals surface area contributed by atoms with E-state index in [1.807, 2.05) is 0 Å². The summed E-state index contributed by atoms with van der Waals surface area (Å²) in [6.07, 6.45) is 3.53. The second kappa shape index (κ2) is 8.78. The lowest BCUT2D eigenvalue weighted by atomic mass is 10.3. The molecular weight excluding hydrogens is 407 g/mol. The van der Waals surface area contributed by atoms with Gasteiger partial charge in [-0.1, -0.05) is 36.5 Å². The molecule has 2 heterocycles. The molecule has 8 heteroatoms. The first-order chi connectivity index (χ1) is 13.0. The molecule has 1 aliphatic rings. The van der Waals surface area contributed by atoms with Gasteiger partial charge in [-0.25, -0.2) is 0 Å². The van der Waals surface area contributed by atoms with Crippen LogP contribution >= 0.6 is 35.4 Å². The van der Waals surface area contributed by atoms with Crippen LogP contribution in [0.1, 0.15) is 31.3 Å². The fourth-order valence-electron chi connectivity index (χ4n) is 2.52. The maximum absolute atomic E-state index is 12.4. The summed E-state index contributed by atoms with van der Waals surface area (Å²) in [7, 11) is 0. The average Bonchev–Trinajstić information content (AvgIpc) is 3.18. The number of nitrogens with zero attached hydrogens (tertiary/aromatic N) is 1. The van der Waals surface area contributed by atoms with Gasteiger partial charge in [-0.2, -0.15) is 0 Å². The topological polar surface area (TPSA) is 54.7 Å². The van der Waals surface area contributed by atoms with Crippen LogP contribution in [0.15, 0.2) is 40.4 Å². The Kier molecular flexibility index (Phi) is 6.42. The van der Waals surface area contributed by atoms with Gasteiger partial charge in [0.1, 0.15) is 29.6 Å². The summed E-state index contributed by atoms with van der Waals surface area (Å²) in [5.41, 5.74) is 0.402. The van der Waals surface area contributed by atoms with Crippen molar-refractivity contribution in [2.75, 3.05) is 6.54 Å². The summed E-state index contributed by atoms with van der Waals surface area (Å²) in [6.45, 7) is 2.88. The van der Waals surface area contributed by atoms with Gasteiger partial charge in [0, 0.05) is 17.6 Å². The van der Waals surface area contributed by atoms with Crippen LogP contribution in [0.2, 0.25) is 10.0 Å². The molecule has 0 aliphatic carbocycles. The normalized spacial score (nSPS) is 15.5. The monoisotopic (exact) mass is 424 g/mol. The van der Waals surface area contributed by atoms with Crippen LogP contribution in [-0.4, -0.2) is 22.5 Å². The van der Waals surface area contributed by atoms with Crippen molar-refractivity contribution in [1.82, 2.24) is 10.2 Å². The zero-order chi connectivity index (χ0) is 19.4. The summed E-state index contributed by atoms with van der Waals surface area (Å²) in [4.78, 5) is 14.0. The molecule has 0 atom stereocenters. The van der Waals surface area contributed by atoms with Gasteiger partial charge in [0.15, 0.2) is 5.11 Å². The number of rotatable bonds is 7. The Balaban J connectivity index is 1.64. The highest BCUT2D eigenvalue weighted by atomic mass is 35.5. The minimum Gasteiger partial charge on any atom is -0.484 e. The lowest BCUT2D eigenvalue weighted by Crippen LogP contribution is -2.31. The molecule has 0 radical (unpaired) electrons. The van der Waals surface area contributed by atoms with Gasteiger partial charge in [0.2, 0.25) is 0 Å². The Bertz CT molecular complexity index is 895. The molecule has 3 rings (SSSR count). The molecule has 0 saturated carbocycles. The van der Waals surface area contributed by atoms with Crippen LogP contribution in [0.4, 0.5) is 0 Å². The number of carbonyl (C=O) groups excluding carboxylic acids is 1. The highest BCUT2D eigenvalue weighted by molar-refractivity contribution is 7.80. The molecule has 1 saturated heterocycles. The average molecular weight is 425 g/mol. The van der Waals surface area contributed by atoms with Gasteiger partial charge in [0.05, 0.1) is 5.02 Å². The standard InChI is InChI=1S/C19H18Cl2N2O3S/c1-2-3-8-23-18(24)16(22-19(23)27)10-13-5-6-14(26-13)11-25-17-7-4-12(20)9-15(17)21/h4-7,9-10H,2-3,8,11H2,1H3,(H,22,27)/b16-10+. The third-order valence-corrected chi connectivity index (χ3v) is 4.78. The lowest BCUT2D eigenvalue weighted by molar-refractivity contribution is -0.122. The minimum absolute atomic E-state index is 0.143. The molecule has 142 valence electrons. The zero-order valence-corrected chi connectivity index (χ0v) is 17.0. The third-order valence-electron chi connectivity index (χ3n) is 3.93. The van der Waals surface area contributed by atoms with E-state index in [1.165, 1.54) is 0 Å². The molecule has 0 spiro atoms. The van der Waals surface area contributed by atoms with Gasteiger partial charge in [-0.05, 0) is 49.0 Å². The van der Waals surface area contributed by atoms with Crippen LogP contribution < -0.4 is 10.1 Å². The van der Waals surface area contributed by atoms with Crippen molar-refractivity contribution in [2.45, 2.75) is 26.4 Å². The summed E-state index contributed by atoms with van der Waals surface area (Å²) in [5, 5.41) is 4.33. The van der Waals surface area contributed by atoms with E-state index >= 15 is 0 Å². The van der Waals surface area contributed by atoms with E-state index in [9.17, 15) is 4.79 Å². The fourth-order valence-corrected chi connectivity index (χ4v) is 3.27. The molecule has 1 N–H and O–H groups in total. The van der Waals surface area contributed by atoms with Crippen molar-refractivity contribution in [3.05, 3.63) is 57.6 Å². The number of halogens is 2. The van der Waals surface area contributed by atoms with Gasteiger partial charge in [-0.15, -0.1) is 0 Å². The minimum atomic E-state index is -0.143. The Hall–Kier alpha value is -2.02. The maximum Gasteiger partial charge on any atom is 0.276 e. The van der Waals surface area contributed by atoms with Crippen LogP contribution in [-0.2, 0) is 11.4 Å². The number of carbonyl (C=O) groups is 1. The van der Waals surface area contributed by atoms with Crippen molar-refractivity contribution >= 4 is 52.5 Å².